The number of hydrogen-bond donors (Lipinski definition) is 3. The topological polar surface area (TPSA) is 116 Å². The SMILES string of the molecule is CCC1CC(OCCCNC(C)=O)C(N2C(=O)c3c(Cl)c(Cl)c(Cl)c(Cl)c3C2=O)C(O)C1O. The lowest BCUT2D eigenvalue weighted by Gasteiger charge is -2.45. The van der Waals surface area contributed by atoms with Crippen LogP contribution in [0.1, 0.15) is 53.8 Å². The highest BCUT2D eigenvalue weighted by Crippen LogP contribution is 2.46. The Morgan fingerprint density at radius 1 is 1.03 bits per heavy atom. The first-order valence-corrected chi connectivity index (χ1v) is 12.0. The molecule has 12 heteroatoms. The van der Waals surface area contributed by atoms with Crippen molar-refractivity contribution in [2.45, 2.75) is 57.5 Å². The summed E-state index contributed by atoms with van der Waals surface area (Å²) in [4.78, 5) is 38.5. The minimum Gasteiger partial charge on any atom is -0.390 e. The molecule has 1 fully saturated rings. The predicted octanol–water partition coefficient (Wildman–Crippen LogP) is 3.33. The van der Waals surface area contributed by atoms with Gasteiger partial charge >= 0.3 is 0 Å². The molecule has 1 aromatic carbocycles. The highest BCUT2D eigenvalue weighted by atomic mass is 35.5. The number of carbonyl (C=O) groups is 3. The second-order valence-electron chi connectivity index (χ2n) is 8.11. The Kier molecular flexibility index (Phi) is 8.54. The lowest BCUT2D eigenvalue weighted by atomic mass is 9.77. The molecule has 0 aromatic heterocycles. The molecule has 1 aromatic rings. The zero-order valence-electron chi connectivity index (χ0n) is 17.9. The van der Waals surface area contributed by atoms with E-state index in [0.717, 1.165) is 4.90 Å². The van der Waals surface area contributed by atoms with Crippen LogP contribution in [0.25, 0.3) is 0 Å². The van der Waals surface area contributed by atoms with Crippen LogP contribution in [0.3, 0.4) is 0 Å². The van der Waals surface area contributed by atoms with Gasteiger partial charge in [0.05, 0.1) is 49.5 Å². The zero-order valence-corrected chi connectivity index (χ0v) is 20.9. The Morgan fingerprint density at radius 2 is 1.58 bits per heavy atom. The third-order valence-corrected chi connectivity index (χ3v) is 7.88. The Hall–Kier alpha value is -1.13. The first kappa shape index (κ1) is 26.5. The van der Waals surface area contributed by atoms with Gasteiger partial charge in [0.25, 0.3) is 11.8 Å². The van der Waals surface area contributed by atoms with Gasteiger partial charge in [0.1, 0.15) is 6.10 Å². The quantitative estimate of drug-likeness (QED) is 0.211. The number of aliphatic hydroxyl groups is 2. The van der Waals surface area contributed by atoms with E-state index in [1.54, 1.807) is 0 Å². The van der Waals surface area contributed by atoms with Crippen molar-refractivity contribution in [1.29, 1.82) is 0 Å². The van der Waals surface area contributed by atoms with E-state index in [-0.39, 0.29) is 49.6 Å². The van der Waals surface area contributed by atoms with Crippen LogP contribution in [0, 0.1) is 5.92 Å². The number of aliphatic hydroxyl groups excluding tert-OH is 2. The number of halogens is 4. The number of nitrogens with one attached hydrogen (secondary N) is 1. The molecular weight excluding hydrogens is 518 g/mol. The van der Waals surface area contributed by atoms with Crippen LogP contribution in [0.2, 0.25) is 20.1 Å². The summed E-state index contributed by atoms with van der Waals surface area (Å²) in [5.74, 6) is -2.09. The summed E-state index contributed by atoms with van der Waals surface area (Å²) >= 11 is 24.6. The molecule has 0 radical (unpaired) electrons. The molecule has 1 aliphatic carbocycles. The molecule has 3 amide bonds. The van der Waals surface area contributed by atoms with Crippen LogP contribution in [-0.4, -0.2) is 70.3 Å². The van der Waals surface area contributed by atoms with Gasteiger partial charge in [-0.25, -0.2) is 0 Å². The molecule has 1 heterocycles. The summed E-state index contributed by atoms with van der Waals surface area (Å²) in [5.41, 5.74) is -0.408. The van der Waals surface area contributed by atoms with Crippen LogP contribution >= 0.6 is 46.4 Å². The summed E-state index contributed by atoms with van der Waals surface area (Å²) in [7, 11) is 0. The molecule has 1 aliphatic heterocycles. The number of amides is 3. The minimum absolute atomic E-state index is 0.161. The van der Waals surface area contributed by atoms with E-state index in [1.807, 2.05) is 6.92 Å². The molecule has 1 saturated carbocycles. The molecule has 0 spiro atoms. The van der Waals surface area contributed by atoms with E-state index in [0.29, 0.717) is 25.8 Å². The van der Waals surface area contributed by atoms with Gasteiger partial charge in [-0.15, -0.1) is 0 Å². The first-order chi connectivity index (χ1) is 15.5. The lowest BCUT2D eigenvalue weighted by molar-refractivity contribution is -0.140. The van der Waals surface area contributed by atoms with Crippen molar-refractivity contribution in [3.05, 3.63) is 31.2 Å². The van der Waals surface area contributed by atoms with Crippen molar-refractivity contribution in [3.63, 3.8) is 0 Å². The monoisotopic (exact) mass is 540 g/mol. The third kappa shape index (κ3) is 4.85. The van der Waals surface area contributed by atoms with Crippen molar-refractivity contribution in [1.82, 2.24) is 10.2 Å². The Labute approximate surface area is 211 Å². The fourth-order valence-corrected chi connectivity index (χ4v) is 5.39. The highest BCUT2D eigenvalue weighted by molar-refractivity contribution is 6.55. The van der Waals surface area contributed by atoms with E-state index in [4.69, 9.17) is 51.1 Å². The summed E-state index contributed by atoms with van der Waals surface area (Å²) in [6.45, 7) is 3.84. The Bertz CT molecular complexity index is 928. The molecule has 5 unspecified atom stereocenters. The number of rotatable bonds is 7. The number of ether oxygens (including phenoxy) is 1. The van der Waals surface area contributed by atoms with Crippen molar-refractivity contribution in [2.24, 2.45) is 5.92 Å². The molecule has 0 saturated heterocycles. The fraction of sp³-hybridized carbons (Fsp3) is 0.571. The van der Waals surface area contributed by atoms with Crippen molar-refractivity contribution < 1.29 is 29.3 Å². The maximum atomic E-state index is 13.3. The third-order valence-electron chi connectivity index (χ3n) is 6.08. The molecule has 2 aliphatic rings. The average Bonchev–Trinajstić information content (AvgIpc) is 3.03. The maximum Gasteiger partial charge on any atom is 0.263 e. The van der Waals surface area contributed by atoms with Crippen LogP contribution in [-0.2, 0) is 9.53 Å². The van der Waals surface area contributed by atoms with Crippen LogP contribution in [0.5, 0.6) is 0 Å². The van der Waals surface area contributed by atoms with Crippen molar-refractivity contribution in [3.8, 4) is 0 Å². The van der Waals surface area contributed by atoms with Gasteiger partial charge in [0.15, 0.2) is 0 Å². The summed E-state index contributed by atoms with van der Waals surface area (Å²) in [6.07, 6.45) is -2.08. The second-order valence-corrected chi connectivity index (χ2v) is 9.62. The van der Waals surface area contributed by atoms with E-state index in [2.05, 4.69) is 5.32 Å². The fourth-order valence-electron chi connectivity index (χ4n) is 4.38. The first-order valence-electron chi connectivity index (χ1n) is 10.5. The number of benzene rings is 1. The van der Waals surface area contributed by atoms with Gasteiger partial charge in [-0.1, -0.05) is 59.7 Å². The molecule has 5 atom stereocenters. The highest BCUT2D eigenvalue weighted by Gasteiger charge is 2.53. The molecule has 3 N–H and O–H groups in total. The lowest BCUT2D eigenvalue weighted by Crippen LogP contribution is -2.62. The van der Waals surface area contributed by atoms with Gasteiger partial charge in [-0.3, -0.25) is 19.3 Å². The molecule has 8 nitrogen and oxygen atoms in total. The second kappa shape index (κ2) is 10.6. The normalized spacial score (nSPS) is 27.2. The van der Waals surface area contributed by atoms with E-state index >= 15 is 0 Å². The van der Waals surface area contributed by atoms with Crippen LogP contribution in [0.4, 0.5) is 0 Å². The predicted molar refractivity (Wildman–Crippen MR) is 124 cm³/mol. The number of imide groups is 1. The molecule has 3 rings (SSSR count). The molecular formula is C21H24Cl4N2O6. The maximum absolute atomic E-state index is 13.3. The average molecular weight is 542 g/mol. The number of carbonyl (C=O) groups excluding carboxylic acids is 3. The van der Waals surface area contributed by atoms with Gasteiger partial charge in [-0.05, 0) is 18.8 Å². The van der Waals surface area contributed by atoms with E-state index < -0.39 is 36.2 Å². The molecule has 0 bridgehead atoms. The molecule has 182 valence electrons. The summed E-state index contributed by atoms with van der Waals surface area (Å²) < 4.78 is 5.96. The van der Waals surface area contributed by atoms with Crippen LogP contribution < -0.4 is 5.32 Å². The Morgan fingerprint density at radius 3 is 2.06 bits per heavy atom. The zero-order chi connectivity index (χ0) is 24.6. The Balaban J connectivity index is 1.93. The minimum atomic E-state index is -1.46. The summed E-state index contributed by atoms with van der Waals surface area (Å²) in [6, 6.07) is -1.19. The molecule has 33 heavy (non-hydrogen) atoms. The number of nitrogens with zero attached hydrogens (tertiary/aromatic N) is 1. The van der Waals surface area contributed by atoms with Gasteiger partial charge in [0.2, 0.25) is 5.91 Å². The van der Waals surface area contributed by atoms with Crippen molar-refractivity contribution in [2.75, 3.05) is 13.2 Å². The van der Waals surface area contributed by atoms with Gasteiger partial charge in [-0.2, -0.15) is 0 Å². The number of hydrogen-bond acceptors (Lipinski definition) is 6. The number of fused-ring (bicyclic) bond motifs is 1. The van der Waals surface area contributed by atoms with Gasteiger partial charge < -0.3 is 20.3 Å². The van der Waals surface area contributed by atoms with Crippen molar-refractivity contribution >= 4 is 64.1 Å². The largest absolute Gasteiger partial charge is 0.390 e. The van der Waals surface area contributed by atoms with Gasteiger partial charge in [0, 0.05) is 20.1 Å². The summed E-state index contributed by atoms with van der Waals surface area (Å²) in [5, 5.41) is 23.5. The standard InChI is InChI=1S/C21H24Cl4N2O6/c1-3-9-7-10(33-6-4-5-26-8(2)28)17(19(30)18(9)29)27-20(31)11-12(21(27)32)14(23)16(25)15(24)13(11)22/h9-10,17-19,29-30H,3-7H2,1-2H3,(H,26,28). The van der Waals surface area contributed by atoms with E-state index in [9.17, 15) is 24.6 Å². The van der Waals surface area contributed by atoms with E-state index in [1.165, 1.54) is 6.92 Å². The van der Waals surface area contributed by atoms with Crippen LogP contribution in [0.15, 0.2) is 0 Å². The smallest absolute Gasteiger partial charge is 0.263 e.